The zero-order valence-corrected chi connectivity index (χ0v) is 15.4. The van der Waals surface area contributed by atoms with Gasteiger partial charge in [-0.3, -0.25) is 4.79 Å². The number of morpholine rings is 1. The average Bonchev–Trinajstić information content (AvgIpc) is 3.11. The third-order valence-electron chi connectivity index (χ3n) is 5.10. The van der Waals surface area contributed by atoms with Crippen LogP contribution >= 0.6 is 11.3 Å². The summed E-state index contributed by atoms with van der Waals surface area (Å²) in [5, 5.41) is 1.13. The molecule has 1 unspecified atom stereocenters. The molecule has 2 aromatic heterocycles. The minimum Gasteiger partial charge on any atom is -0.378 e. The van der Waals surface area contributed by atoms with E-state index in [2.05, 4.69) is 27.9 Å². The first-order chi connectivity index (χ1) is 12.3. The molecule has 0 aliphatic carbocycles. The van der Waals surface area contributed by atoms with Gasteiger partial charge in [-0.15, -0.1) is 11.3 Å². The summed E-state index contributed by atoms with van der Waals surface area (Å²) in [7, 11) is 0. The normalized spacial score (nSPS) is 21.7. The van der Waals surface area contributed by atoms with Gasteiger partial charge in [0.15, 0.2) is 0 Å². The molecule has 1 amide bonds. The minimum absolute atomic E-state index is 0.0566. The number of amides is 1. The summed E-state index contributed by atoms with van der Waals surface area (Å²) in [5.41, 5.74) is 0. The van der Waals surface area contributed by atoms with Crippen molar-refractivity contribution in [1.29, 1.82) is 0 Å². The van der Waals surface area contributed by atoms with Crippen LogP contribution in [0, 0.1) is 5.92 Å². The Bertz CT molecular complexity index is 757. The number of carbonyl (C=O) groups is 1. The van der Waals surface area contributed by atoms with Gasteiger partial charge in [0.05, 0.1) is 24.5 Å². The van der Waals surface area contributed by atoms with E-state index in [0.29, 0.717) is 13.2 Å². The number of carbonyl (C=O) groups excluding carboxylic acids is 1. The molecule has 0 bridgehead atoms. The summed E-state index contributed by atoms with van der Waals surface area (Å²) in [4.78, 5) is 28.5. The highest BCUT2D eigenvalue weighted by Gasteiger charge is 2.31. The predicted molar refractivity (Wildman–Crippen MR) is 99.1 cm³/mol. The highest BCUT2D eigenvalue weighted by Crippen LogP contribution is 2.32. The highest BCUT2D eigenvalue weighted by atomic mass is 32.1. The van der Waals surface area contributed by atoms with Crippen LogP contribution in [-0.2, 0) is 16.0 Å². The maximum Gasteiger partial charge on any atom is 0.227 e. The van der Waals surface area contributed by atoms with Gasteiger partial charge in [-0.25, -0.2) is 9.97 Å². The van der Waals surface area contributed by atoms with Crippen LogP contribution in [0.4, 0.5) is 5.82 Å². The van der Waals surface area contributed by atoms with Crippen molar-refractivity contribution in [2.75, 3.05) is 44.3 Å². The van der Waals surface area contributed by atoms with E-state index in [4.69, 9.17) is 4.74 Å². The summed E-state index contributed by atoms with van der Waals surface area (Å²) in [6.45, 7) is 6.62. The largest absolute Gasteiger partial charge is 0.378 e. The Balaban J connectivity index is 1.55. The number of ether oxygens (including phenoxy) is 1. The maximum absolute atomic E-state index is 12.9. The van der Waals surface area contributed by atoms with Crippen molar-refractivity contribution < 1.29 is 9.53 Å². The van der Waals surface area contributed by atoms with Crippen molar-refractivity contribution in [2.24, 2.45) is 5.92 Å². The molecule has 2 aromatic rings. The first-order valence-electron chi connectivity index (χ1n) is 9.11. The van der Waals surface area contributed by atoms with E-state index in [1.807, 2.05) is 4.90 Å². The monoisotopic (exact) mass is 360 g/mol. The fourth-order valence-corrected chi connectivity index (χ4v) is 4.66. The Labute approximate surface area is 151 Å². The summed E-state index contributed by atoms with van der Waals surface area (Å²) in [5.74, 6) is 1.32. The Morgan fingerprint density at radius 1 is 1.32 bits per heavy atom. The number of fused-ring (bicyclic) bond motifs is 1. The molecule has 0 spiro atoms. The second kappa shape index (κ2) is 7.25. The third kappa shape index (κ3) is 3.35. The summed E-state index contributed by atoms with van der Waals surface area (Å²) in [6.07, 6.45) is 4.65. The summed E-state index contributed by atoms with van der Waals surface area (Å²) >= 11 is 1.74. The molecule has 134 valence electrons. The van der Waals surface area contributed by atoms with Crippen molar-refractivity contribution >= 4 is 33.3 Å². The van der Waals surface area contributed by atoms with Gasteiger partial charge >= 0.3 is 0 Å². The van der Waals surface area contributed by atoms with Gasteiger partial charge in [-0.05, 0) is 25.3 Å². The Kier molecular flexibility index (Phi) is 4.85. The number of hydrogen-bond acceptors (Lipinski definition) is 6. The molecule has 25 heavy (non-hydrogen) atoms. The van der Waals surface area contributed by atoms with E-state index in [1.165, 1.54) is 4.88 Å². The second-order valence-electron chi connectivity index (χ2n) is 6.71. The van der Waals surface area contributed by atoms with Crippen LogP contribution in [0.1, 0.15) is 24.6 Å². The molecule has 2 aliphatic rings. The predicted octanol–water partition coefficient (Wildman–Crippen LogP) is 2.33. The van der Waals surface area contributed by atoms with Crippen molar-refractivity contribution in [3.8, 4) is 0 Å². The zero-order valence-electron chi connectivity index (χ0n) is 14.6. The van der Waals surface area contributed by atoms with E-state index in [0.717, 1.165) is 61.5 Å². The van der Waals surface area contributed by atoms with Crippen LogP contribution in [-0.4, -0.2) is 60.2 Å². The fourth-order valence-electron chi connectivity index (χ4n) is 3.73. The number of aryl methyl sites for hydroxylation is 1. The minimum atomic E-state index is 0.0566. The van der Waals surface area contributed by atoms with Crippen molar-refractivity contribution in [3.05, 3.63) is 17.3 Å². The van der Waals surface area contributed by atoms with Gasteiger partial charge < -0.3 is 14.5 Å². The molecule has 2 aliphatic heterocycles. The SMILES string of the molecule is CCc1cc2c(N3CCCC(C(=O)N4CCOCC4)C3)ncnc2s1. The number of thiophene rings is 1. The van der Waals surface area contributed by atoms with Crippen LogP contribution in [0.3, 0.4) is 0 Å². The Morgan fingerprint density at radius 3 is 2.96 bits per heavy atom. The topological polar surface area (TPSA) is 58.6 Å². The molecule has 1 atom stereocenters. The molecular formula is C18H24N4O2S. The molecule has 2 fully saturated rings. The number of anilines is 1. The van der Waals surface area contributed by atoms with Gasteiger partial charge in [0.25, 0.3) is 0 Å². The molecule has 6 nitrogen and oxygen atoms in total. The summed E-state index contributed by atoms with van der Waals surface area (Å²) in [6, 6.07) is 2.21. The molecule has 0 radical (unpaired) electrons. The quantitative estimate of drug-likeness (QED) is 0.841. The zero-order chi connectivity index (χ0) is 17.2. The average molecular weight is 360 g/mol. The lowest BCUT2D eigenvalue weighted by atomic mass is 9.96. The van der Waals surface area contributed by atoms with Gasteiger partial charge in [-0.2, -0.15) is 0 Å². The van der Waals surface area contributed by atoms with Gasteiger partial charge in [-0.1, -0.05) is 6.92 Å². The first-order valence-corrected chi connectivity index (χ1v) is 9.93. The van der Waals surface area contributed by atoms with Crippen LogP contribution in [0.15, 0.2) is 12.4 Å². The molecule has 4 rings (SSSR count). The van der Waals surface area contributed by atoms with Gasteiger partial charge in [0, 0.05) is 31.1 Å². The van der Waals surface area contributed by atoms with Gasteiger partial charge in [0.1, 0.15) is 17.0 Å². The Morgan fingerprint density at radius 2 is 2.16 bits per heavy atom. The summed E-state index contributed by atoms with van der Waals surface area (Å²) < 4.78 is 5.37. The molecular weight excluding hydrogens is 336 g/mol. The lowest BCUT2D eigenvalue weighted by molar-refractivity contribution is -0.139. The van der Waals surface area contributed by atoms with Crippen LogP contribution in [0.2, 0.25) is 0 Å². The van der Waals surface area contributed by atoms with E-state index in [1.54, 1.807) is 17.7 Å². The molecule has 0 aromatic carbocycles. The van der Waals surface area contributed by atoms with Crippen molar-refractivity contribution in [3.63, 3.8) is 0 Å². The Hall–Kier alpha value is -1.73. The molecule has 0 N–H and O–H groups in total. The van der Waals surface area contributed by atoms with Gasteiger partial charge in [0.2, 0.25) is 5.91 Å². The molecule has 0 saturated carbocycles. The van der Waals surface area contributed by atoms with Crippen LogP contribution in [0.25, 0.3) is 10.2 Å². The molecule has 7 heteroatoms. The molecule has 2 saturated heterocycles. The number of nitrogens with zero attached hydrogens (tertiary/aromatic N) is 4. The number of hydrogen-bond donors (Lipinski definition) is 0. The van der Waals surface area contributed by atoms with E-state index in [9.17, 15) is 4.79 Å². The third-order valence-corrected chi connectivity index (χ3v) is 6.29. The van der Waals surface area contributed by atoms with Crippen LogP contribution < -0.4 is 4.90 Å². The highest BCUT2D eigenvalue weighted by molar-refractivity contribution is 7.18. The standard InChI is InChI=1S/C18H24N4O2S/c1-2-14-10-15-16(19-12-20-17(15)25-14)22-5-3-4-13(11-22)18(23)21-6-8-24-9-7-21/h10,12-13H,2-9,11H2,1H3. The number of aromatic nitrogens is 2. The lowest BCUT2D eigenvalue weighted by Crippen LogP contribution is -2.48. The number of piperidine rings is 1. The smallest absolute Gasteiger partial charge is 0.227 e. The number of rotatable bonds is 3. The van der Waals surface area contributed by atoms with Crippen molar-refractivity contribution in [2.45, 2.75) is 26.2 Å². The van der Waals surface area contributed by atoms with E-state index >= 15 is 0 Å². The lowest BCUT2D eigenvalue weighted by Gasteiger charge is -2.36. The molecule has 4 heterocycles. The fraction of sp³-hybridized carbons (Fsp3) is 0.611. The van der Waals surface area contributed by atoms with E-state index in [-0.39, 0.29) is 11.8 Å². The van der Waals surface area contributed by atoms with Crippen molar-refractivity contribution in [1.82, 2.24) is 14.9 Å². The second-order valence-corrected chi connectivity index (χ2v) is 7.82. The maximum atomic E-state index is 12.9. The first kappa shape index (κ1) is 16.7. The van der Waals surface area contributed by atoms with Crippen LogP contribution in [0.5, 0.6) is 0 Å². The van der Waals surface area contributed by atoms with E-state index < -0.39 is 0 Å².